The molecule has 0 fully saturated rings. The number of amidine groups is 1. The Hall–Kier alpha value is -3.28. The van der Waals surface area contributed by atoms with Crippen LogP contribution >= 0.6 is 23.2 Å². The molecule has 0 aliphatic heterocycles. The minimum Gasteiger partial charge on any atom is -0.489 e. The lowest BCUT2D eigenvalue weighted by molar-refractivity contribution is -0.137. The van der Waals surface area contributed by atoms with E-state index in [2.05, 4.69) is 5.16 Å². The van der Waals surface area contributed by atoms with Gasteiger partial charge in [0.15, 0.2) is 5.84 Å². The summed E-state index contributed by atoms with van der Waals surface area (Å²) in [5, 5.41) is 4.59. The van der Waals surface area contributed by atoms with Crippen molar-refractivity contribution in [3.05, 3.63) is 106 Å². The molecule has 3 rings (SSSR count). The van der Waals surface area contributed by atoms with Crippen LogP contribution in [0, 0.1) is 0 Å². The minimum absolute atomic E-state index is 0.0656. The number of rotatable bonds is 7. The monoisotopic (exact) mass is 440 g/mol. The molecule has 3 aromatic rings. The highest BCUT2D eigenvalue weighted by atomic mass is 35.5. The lowest BCUT2D eigenvalue weighted by atomic mass is 10.2. The van der Waals surface area contributed by atoms with Crippen LogP contribution in [0.2, 0.25) is 10.0 Å². The van der Waals surface area contributed by atoms with E-state index in [-0.39, 0.29) is 5.84 Å². The van der Waals surface area contributed by atoms with Gasteiger partial charge in [-0.15, -0.1) is 0 Å². The maximum atomic E-state index is 11.8. The van der Waals surface area contributed by atoms with Gasteiger partial charge in [-0.1, -0.05) is 64.8 Å². The van der Waals surface area contributed by atoms with Crippen molar-refractivity contribution in [3.8, 4) is 5.75 Å². The number of ether oxygens (including phenoxy) is 1. The second-order valence-electron chi connectivity index (χ2n) is 6.18. The molecule has 3 aromatic carbocycles. The Morgan fingerprint density at radius 1 is 1.00 bits per heavy atom. The summed E-state index contributed by atoms with van der Waals surface area (Å²) in [4.78, 5) is 16.7. The first-order valence-corrected chi connectivity index (χ1v) is 9.71. The molecule has 0 heterocycles. The van der Waals surface area contributed by atoms with Gasteiger partial charge in [-0.25, -0.2) is 4.79 Å². The third-order valence-corrected chi connectivity index (χ3v) is 4.56. The zero-order chi connectivity index (χ0) is 21.3. The van der Waals surface area contributed by atoms with Crippen molar-refractivity contribution >= 4 is 41.1 Å². The summed E-state index contributed by atoms with van der Waals surface area (Å²) in [5.41, 5.74) is 8.17. The van der Waals surface area contributed by atoms with Gasteiger partial charge in [0.1, 0.15) is 12.4 Å². The Labute approximate surface area is 184 Å². The average molecular weight is 441 g/mol. The Balaban J connectivity index is 1.54. The second kappa shape index (κ2) is 10.5. The molecule has 0 radical (unpaired) electrons. The van der Waals surface area contributed by atoms with E-state index in [1.807, 2.05) is 30.3 Å². The van der Waals surface area contributed by atoms with Gasteiger partial charge >= 0.3 is 5.97 Å². The van der Waals surface area contributed by atoms with Gasteiger partial charge < -0.3 is 15.3 Å². The zero-order valence-corrected chi connectivity index (χ0v) is 17.3. The quantitative estimate of drug-likeness (QED) is 0.174. The van der Waals surface area contributed by atoms with E-state index in [0.29, 0.717) is 33.5 Å². The molecule has 0 amide bonds. The molecular formula is C23H18Cl2N2O3. The van der Waals surface area contributed by atoms with Crippen LogP contribution in [0.25, 0.3) is 6.08 Å². The first-order chi connectivity index (χ1) is 14.5. The van der Waals surface area contributed by atoms with Gasteiger partial charge in [0, 0.05) is 21.7 Å². The molecule has 0 bridgehead atoms. The van der Waals surface area contributed by atoms with Gasteiger partial charge in [-0.2, -0.15) is 0 Å². The fraction of sp³-hybridized carbons (Fsp3) is 0.0435. The van der Waals surface area contributed by atoms with Crippen molar-refractivity contribution < 1.29 is 14.4 Å². The molecule has 0 aliphatic carbocycles. The smallest absolute Gasteiger partial charge is 0.358 e. The summed E-state index contributed by atoms with van der Waals surface area (Å²) in [5.74, 6) is 0.0674. The topological polar surface area (TPSA) is 73.9 Å². The molecule has 0 saturated carbocycles. The van der Waals surface area contributed by atoms with E-state index in [4.69, 9.17) is 38.5 Å². The predicted octanol–water partition coefficient (Wildman–Crippen LogP) is 5.45. The zero-order valence-electron chi connectivity index (χ0n) is 15.8. The summed E-state index contributed by atoms with van der Waals surface area (Å²) >= 11 is 11.9. The maximum absolute atomic E-state index is 11.8. The number of carbonyl (C=O) groups is 1. The fourth-order valence-electron chi connectivity index (χ4n) is 2.43. The van der Waals surface area contributed by atoms with Gasteiger partial charge in [0.05, 0.1) is 0 Å². The lowest BCUT2D eigenvalue weighted by Crippen LogP contribution is -2.14. The molecular weight excluding hydrogens is 423 g/mol. The van der Waals surface area contributed by atoms with Crippen molar-refractivity contribution in [2.45, 2.75) is 6.61 Å². The summed E-state index contributed by atoms with van der Waals surface area (Å²) in [6.45, 7) is 0.464. The molecule has 2 N–H and O–H groups in total. The standard InChI is InChI=1S/C23H18Cl2N2O3/c24-19-10-6-17(21(25)14-19)9-13-22(28)30-27-23(26)18-7-11-20(12-8-18)29-15-16-4-2-1-3-5-16/h1-14H,15H2,(H2,26,27)/b13-9+. The van der Waals surface area contributed by atoms with E-state index < -0.39 is 5.97 Å². The highest BCUT2D eigenvalue weighted by Crippen LogP contribution is 2.22. The normalized spacial score (nSPS) is 11.5. The third kappa shape index (κ3) is 6.37. The van der Waals surface area contributed by atoms with Gasteiger partial charge in [0.2, 0.25) is 0 Å². The van der Waals surface area contributed by atoms with E-state index in [1.165, 1.54) is 12.2 Å². The maximum Gasteiger partial charge on any atom is 0.358 e. The molecule has 7 heteroatoms. The SMILES string of the molecule is N/C(=N\OC(=O)/C=C/c1ccc(Cl)cc1Cl)c1ccc(OCc2ccccc2)cc1. The summed E-state index contributed by atoms with van der Waals surface area (Å²) in [6.07, 6.45) is 2.71. The van der Waals surface area contributed by atoms with Crippen molar-refractivity contribution in [1.82, 2.24) is 0 Å². The number of carbonyl (C=O) groups excluding carboxylic acids is 1. The van der Waals surface area contributed by atoms with Crippen LogP contribution in [0.3, 0.4) is 0 Å². The number of nitrogens with two attached hydrogens (primary N) is 1. The number of nitrogens with zero attached hydrogens (tertiary/aromatic N) is 1. The summed E-state index contributed by atoms with van der Waals surface area (Å²) in [7, 11) is 0. The van der Waals surface area contributed by atoms with Crippen LogP contribution in [0.4, 0.5) is 0 Å². The largest absolute Gasteiger partial charge is 0.489 e. The Morgan fingerprint density at radius 2 is 1.73 bits per heavy atom. The minimum atomic E-state index is -0.688. The van der Waals surface area contributed by atoms with Crippen LogP contribution < -0.4 is 10.5 Å². The summed E-state index contributed by atoms with van der Waals surface area (Å²) in [6, 6.07) is 21.8. The van der Waals surface area contributed by atoms with E-state index in [0.717, 1.165) is 5.56 Å². The third-order valence-electron chi connectivity index (χ3n) is 3.99. The Kier molecular flexibility index (Phi) is 7.49. The van der Waals surface area contributed by atoms with Gasteiger partial charge in [-0.05, 0) is 53.6 Å². The van der Waals surface area contributed by atoms with E-state index in [1.54, 1.807) is 42.5 Å². The average Bonchev–Trinajstić information content (AvgIpc) is 2.76. The fourth-order valence-corrected chi connectivity index (χ4v) is 2.91. The van der Waals surface area contributed by atoms with Crippen LogP contribution in [0.15, 0.2) is 84.0 Å². The molecule has 0 spiro atoms. The lowest BCUT2D eigenvalue weighted by Gasteiger charge is -2.07. The summed E-state index contributed by atoms with van der Waals surface area (Å²) < 4.78 is 5.72. The van der Waals surface area contributed by atoms with Crippen LogP contribution in [-0.4, -0.2) is 11.8 Å². The number of hydrogen-bond acceptors (Lipinski definition) is 4. The van der Waals surface area contributed by atoms with Crippen molar-refractivity contribution in [1.29, 1.82) is 0 Å². The number of benzene rings is 3. The van der Waals surface area contributed by atoms with Crippen molar-refractivity contribution in [3.63, 3.8) is 0 Å². The van der Waals surface area contributed by atoms with Crippen LogP contribution in [0.5, 0.6) is 5.75 Å². The molecule has 0 saturated heterocycles. The number of oxime groups is 1. The molecule has 30 heavy (non-hydrogen) atoms. The van der Waals surface area contributed by atoms with Crippen LogP contribution in [0.1, 0.15) is 16.7 Å². The molecule has 152 valence electrons. The first kappa shape index (κ1) is 21.4. The van der Waals surface area contributed by atoms with E-state index >= 15 is 0 Å². The molecule has 0 aromatic heterocycles. The Morgan fingerprint density at radius 3 is 2.43 bits per heavy atom. The number of hydrogen-bond donors (Lipinski definition) is 1. The number of halogens is 2. The highest BCUT2D eigenvalue weighted by Gasteiger charge is 2.04. The molecule has 0 unspecified atom stereocenters. The van der Waals surface area contributed by atoms with E-state index in [9.17, 15) is 4.79 Å². The van der Waals surface area contributed by atoms with Crippen molar-refractivity contribution in [2.75, 3.05) is 0 Å². The predicted molar refractivity (Wildman–Crippen MR) is 120 cm³/mol. The van der Waals surface area contributed by atoms with Crippen LogP contribution in [-0.2, 0) is 16.2 Å². The molecule has 5 nitrogen and oxygen atoms in total. The highest BCUT2D eigenvalue weighted by molar-refractivity contribution is 6.35. The van der Waals surface area contributed by atoms with Gasteiger partial charge in [0.25, 0.3) is 0 Å². The van der Waals surface area contributed by atoms with Gasteiger partial charge in [-0.3, -0.25) is 0 Å². The Bertz CT molecular complexity index is 1070. The second-order valence-corrected chi connectivity index (χ2v) is 7.03. The first-order valence-electron chi connectivity index (χ1n) is 8.96. The van der Waals surface area contributed by atoms with Crippen molar-refractivity contribution in [2.24, 2.45) is 10.9 Å². The molecule has 0 atom stereocenters. The molecule has 0 aliphatic rings.